The zero-order chi connectivity index (χ0) is 24.6. The highest BCUT2D eigenvalue weighted by atomic mass is 19.4. The molecular formula is C19H13F6N5O3. The summed E-state index contributed by atoms with van der Waals surface area (Å²) in [7, 11) is 0. The zero-order valence-electron chi connectivity index (χ0n) is 16.4. The summed E-state index contributed by atoms with van der Waals surface area (Å²) in [6, 6.07) is -0.524. The molecule has 174 valence electrons. The second-order valence-electron chi connectivity index (χ2n) is 6.73. The molecule has 3 rings (SSSR count). The van der Waals surface area contributed by atoms with Crippen molar-refractivity contribution in [3.8, 4) is 5.82 Å². The van der Waals surface area contributed by atoms with Crippen LogP contribution in [0.1, 0.15) is 50.5 Å². The molecule has 0 saturated heterocycles. The van der Waals surface area contributed by atoms with Crippen molar-refractivity contribution >= 4 is 11.9 Å². The van der Waals surface area contributed by atoms with Gasteiger partial charge < -0.3 is 10.4 Å². The molecule has 8 nitrogen and oxygen atoms in total. The van der Waals surface area contributed by atoms with Gasteiger partial charge >= 0.3 is 18.3 Å². The van der Waals surface area contributed by atoms with Gasteiger partial charge in [0.2, 0.25) is 0 Å². The highest BCUT2D eigenvalue weighted by molar-refractivity contribution is 5.95. The van der Waals surface area contributed by atoms with Gasteiger partial charge in [0.1, 0.15) is 5.69 Å². The van der Waals surface area contributed by atoms with Crippen molar-refractivity contribution in [3.05, 3.63) is 70.9 Å². The highest BCUT2D eigenvalue weighted by Crippen LogP contribution is 2.36. The quantitative estimate of drug-likeness (QED) is 0.545. The van der Waals surface area contributed by atoms with Crippen molar-refractivity contribution < 1.29 is 41.0 Å². The maximum Gasteiger partial charge on any atom is 0.416 e. The number of benzene rings is 1. The van der Waals surface area contributed by atoms with Gasteiger partial charge in [-0.15, -0.1) is 0 Å². The summed E-state index contributed by atoms with van der Waals surface area (Å²) in [6.45, 7) is 1.37. The molecule has 0 aliphatic heterocycles. The van der Waals surface area contributed by atoms with E-state index in [2.05, 4.69) is 20.4 Å². The van der Waals surface area contributed by atoms with Gasteiger partial charge in [-0.2, -0.15) is 31.4 Å². The van der Waals surface area contributed by atoms with Gasteiger partial charge in [-0.1, -0.05) is 0 Å². The van der Waals surface area contributed by atoms with Crippen molar-refractivity contribution in [3.63, 3.8) is 0 Å². The molecule has 1 amide bonds. The average Bonchev–Trinajstić information content (AvgIpc) is 3.22. The van der Waals surface area contributed by atoms with E-state index in [0.29, 0.717) is 12.1 Å². The fraction of sp³-hybridized carbons (Fsp3) is 0.211. The lowest BCUT2D eigenvalue weighted by Crippen LogP contribution is -2.29. The highest BCUT2D eigenvalue weighted by Gasteiger charge is 2.37. The molecule has 33 heavy (non-hydrogen) atoms. The predicted octanol–water partition coefficient (Wildman–Crippen LogP) is 3.89. The van der Waals surface area contributed by atoms with Crippen LogP contribution in [0, 0.1) is 0 Å². The van der Waals surface area contributed by atoms with Crippen LogP contribution < -0.4 is 5.32 Å². The van der Waals surface area contributed by atoms with Gasteiger partial charge in [0.05, 0.1) is 28.9 Å². The Balaban J connectivity index is 1.94. The fourth-order valence-electron chi connectivity index (χ4n) is 2.81. The van der Waals surface area contributed by atoms with E-state index in [9.17, 15) is 35.9 Å². The van der Waals surface area contributed by atoms with Crippen LogP contribution in [-0.2, 0) is 12.4 Å². The summed E-state index contributed by atoms with van der Waals surface area (Å²) in [4.78, 5) is 31.6. The van der Waals surface area contributed by atoms with E-state index >= 15 is 0 Å². The minimum Gasteiger partial charge on any atom is -0.478 e. The van der Waals surface area contributed by atoms with Crippen LogP contribution in [0.3, 0.4) is 0 Å². The Kier molecular flexibility index (Phi) is 6.12. The number of carbonyl (C=O) groups excluding carboxylic acids is 1. The zero-order valence-corrected chi connectivity index (χ0v) is 16.4. The van der Waals surface area contributed by atoms with Crippen LogP contribution in [0.4, 0.5) is 26.3 Å². The standard InChI is InChI=1S/C19H13F6N5O3/c1-9(14-15(27-3-2-26-14)30-8-11(7-28-30)17(32)33)29-16(31)10-4-12(18(20,21)22)6-13(5-10)19(23,24)25/h2-9H,1H3,(H,29,31)(H,32,33). The molecule has 14 heteroatoms. The van der Waals surface area contributed by atoms with Crippen LogP contribution in [0.15, 0.2) is 43.0 Å². The third kappa shape index (κ3) is 5.27. The van der Waals surface area contributed by atoms with Crippen molar-refractivity contribution in [1.82, 2.24) is 25.1 Å². The molecule has 0 aliphatic rings. The number of carboxylic acids is 1. The molecular weight excluding hydrogens is 460 g/mol. The number of hydrogen-bond donors (Lipinski definition) is 2. The normalized spacial score (nSPS) is 12.9. The molecule has 1 atom stereocenters. The molecule has 0 fully saturated rings. The maximum atomic E-state index is 13.1. The Hall–Kier alpha value is -3.97. The van der Waals surface area contributed by atoms with Crippen LogP contribution >= 0.6 is 0 Å². The molecule has 1 aromatic carbocycles. The van der Waals surface area contributed by atoms with E-state index in [1.54, 1.807) is 0 Å². The number of amides is 1. The van der Waals surface area contributed by atoms with E-state index in [-0.39, 0.29) is 23.1 Å². The van der Waals surface area contributed by atoms with Crippen molar-refractivity contribution in [2.75, 3.05) is 0 Å². The molecule has 2 N–H and O–H groups in total. The number of nitrogens with zero attached hydrogens (tertiary/aromatic N) is 4. The summed E-state index contributed by atoms with van der Waals surface area (Å²) in [5.41, 5.74) is -4.26. The average molecular weight is 473 g/mol. The van der Waals surface area contributed by atoms with Gasteiger partial charge in [-0.05, 0) is 25.1 Å². The van der Waals surface area contributed by atoms with E-state index in [1.807, 2.05) is 0 Å². The SMILES string of the molecule is CC(NC(=O)c1cc(C(F)(F)F)cc(C(F)(F)F)c1)c1nccnc1-n1cc(C(=O)O)cn1. The first-order valence-electron chi connectivity index (χ1n) is 8.97. The first kappa shape index (κ1) is 23.7. The molecule has 0 spiro atoms. The van der Waals surface area contributed by atoms with Gasteiger partial charge in [-0.25, -0.2) is 14.5 Å². The topological polar surface area (TPSA) is 110 Å². The maximum absolute atomic E-state index is 13.1. The molecule has 1 unspecified atom stereocenters. The number of carbonyl (C=O) groups is 2. The number of aromatic carboxylic acids is 1. The smallest absolute Gasteiger partial charge is 0.416 e. The second kappa shape index (κ2) is 8.52. The lowest BCUT2D eigenvalue weighted by molar-refractivity contribution is -0.143. The number of rotatable bonds is 5. The Labute approximate surface area is 180 Å². The predicted molar refractivity (Wildman–Crippen MR) is 98.4 cm³/mol. The van der Waals surface area contributed by atoms with E-state index in [4.69, 9.17) is 5.11 Å². The molecule has 0 aliphatic carbocycles. The Morgan fingerprint density at radius 2 is 1.55 bits per heavy atom. The number of nitrogens with one attached hydrogen (secondary N) is 1. The van der Waals surface area contributed by atoms with Crippen molar-refractivity contribution in [2.45, 2.75) is 25.3 Å². The molecule has 0 radical (unpaired) electrons. The lowest BCUT2D eigenvalue weighted by Gasteiger charge is -2.18. The number of carboxylic acid groups (broad SMARTS) is 1. The van der Waals surface area contributed by atoms with E-state index < -0.39 is 47.0 Å². The third-order valence-corrected chi connectivity index (χ3v) is 4.36. The summed E-state index contributed by atoms with van der Waals surface area (Å²) in [6.07, 6.45) is -5.59. The summed E-state index contributed by atoms with van der Waals surface area (Å²) >= 11 is 0. The van der Waals surface area contributed by atoms with Gasteiger partial charge in [-0.3, -0.25) is 9.78 Å². The minimum atomic E-state index is -5.11. The first-order valence-corrected chi connectivity index (χ1v) is 8.97. The molecule has 2 heterocycles. The van der Waals surface area contributed by atoms with Crippen molar-refractivity contribution in [1.29, 1.82) is 0 Å². The summed E-state index contributed by atoms with van der Waals surface area (Å²) in [5.74, 6) is -2.49. The Morgan fingerprint density at radius 1 is 0.970 bits per heavy atom. The number of hydrogen-bond acceptors (Lipinski definition) is 5. The largest absolute Gasteiger partial charge is 0.478 e. The Morgan fingerprint density at radius 3 is 2.06 bits per heavy atom. The molecule has 2 aromatic heterocycles. The first-order chi connectivity index (χ1) is 15.3. The van der Waals surface area contributed by atoms with Crippen LogP contribution in [0.5, 0.6) is 0 Å². The van der Waals surface area contributed by atoms with Crippen LogP contribution in [-0.4, -0.2) is 36.7 Å². The summed E-state index contributed by atoms with van der Waals surface area (Å²) < 4.78 is 79.4. The van der Waals surface area contributed by atoms with E-state index in [0.717, 1.165) is 17.1 Å². The van der Waals surface area contributed by atoms with Crippen molar-refractivity contribution in [2.24, 2.45) is 0 Å². The molecule has 3 aromatic rings. The van der Waals surface area contributed by atoms with E-state index in [1.165, 1.54) is 19.3 Å². The second-order valence-corrected chi connectivity index (χ2v) is 6.73. The summed E-state index contributed by atoms with van der Waals surface area (Å²) in [5, 5.41) is 15.1. The lowest BCUT2D eigenvalue weighted by atomic mass is 10.0. The van der Waals surface area contributed by atoms with Gasteiger partial charge in [0, 0.05) is 24.2 Å². The number of alkyl halides is 6. The minimum absolute atomic E-state index is 0.00202. The molecule has 0 saturated carbocycles. The van der Waals surface area contributed by atoms with Crippen LogP contribution in [0.2, 0.25) is 0 Å². The van der Waals surface area contributed by atoms with Gasteiger partial charge in [0.25, 0.3) is 5.91 Å². The number of aromatic nitrogens is 4. The number of halogens is 6. The fourth-order valence-corrected chi connectivity index (χ4v) is 2.81. The monoisotopic (exact) mass is 473 g/mol. The third-order valence-electron chi connectivity index (χ3n) is 4.36. The molecule has 0 bridgehead atoms. The van der Waals surface area contributed by atoms with Gasteiger partial charge in [0.15, 0.2) is 5.82 Å². The Bertz CT molecular complexity index is 1170. The van der Waals surface area contributed by atoms with Crippen LogP contribution in [0.25, 0.3) is 5.82 Å².